The van der Waals surface area contributed by atoms with Gasteiger partial charge in [-0.15, -0.1) is 0 Å². The Balaban J connectivity index is 2.14. The lowest BCUT2D eigenvalue weighted by Gasteiger charge is -2.28. The Hall–Kier alpha value is -1.23. The molecule has 0 spiro atoms. The topological polar surface area (TPSA) is 29.5 Å². The van der Waals surface area contributed by atoms with Crippen LogP contribution in [0.5, 0.6) is 5.75 Å². The van der Waals surface area contributed by atoms with Crippen LogP contribution in [0.4, 0.5) is 13.2 Å². The van der Waals surface area contributed by atoms with Gasteiger partial charge in [0.15, 0.2) is 0 Å². The summed E-state index contributed by atoms with van der Waals surface area (Å²) >= 11 is 0. The number of rotatable bonds is 2. The van der Waals surface area contributed by atoms with E-state index >= 15 is 0 Å². The first kappa shape index (κ1) is 12.2. The van der Waals surface area contributed by atoms with E-state index in [-0.39, 0.29) is 12.3 Å². The average molecular weight is 246 g/mol. The molecule has 0 saturated heterocycles. The highest BCUT2D eigenvalue weighted by atomic mass is 19.4. The highest BCUT2D eigenvalue weighted by Gasteiger charge is 2.40. The van der Waals surface area contributed by atoms with Gasteiger partial charge >= 0.3 is 6.18 Å². The first-order valence-electron chi connectivity index (χ1n) is 5.45. The van der Waals surface area contributed by atoms with Gasteiger partial charge in [0.2, 0.25) is 0 Å². The van der Waals surface area contributed by atoms with Crippen molar-refractivity contribution in [2.45, 2.75) is 31.0 Å². The van der Waals surface area contributed by atoms with Crippen LogP contribution in [0.1, 0.15) is 24.3 Å². The molecule has 1 aromatic rings. The highest BCUT2D eigenvalue weighted by molar-refractivity contribution is 5.37. The average Bonchev–Trinajstić information content (AvgIpc) is 2.28. The molecular weight excluding hydrogens is 233 g/mol. The number of fused-ring (bicyclic) bond motifs is 1. The molecule has 0 radical (unpaired) electrons. The Bertz CT molecular complexity index is 390. The van der Waals surface area contributed by atoms with Gasteiger partial charge in [-0.05, 0) is 30.4 Å². The van der Waals surface area contributed by atoms with E-state index in [0.717, 1.165) is 5.56 Å². The van der Waals surface area contributed by atoms with Crippen molar-refractivity contribution in [3.05, 3.63) is 29.8 Å². The molecule has 2 atom stereocenters. The van der Waals surface area contributed by atoms with Gasteiger partial charge in [0.05, 0.1) is 6.61 Å². The molecule has 1 aliphatic rings. The number of aliphatic hydroxyl groups excluding tert-OH is 1. The number of halogens is 3. The molecule has 5 heteroatoms. The normalized spacial score (nSPS) is 21.5. The van der Waals surface area contributed by atoms with E-state index in [1.807, 2.05) is 0 Å². The summed E-state index contributed by atoms with van der Waals surface area (Å²) in [5.41, 5.74) is 0.752. The Kier molecular flexibility index (Phi) is 3.28. The van der Waals surface area contributed by atoms with Crippen molar-refractivity contribution >= 4 is 0 Å². The molecule has 1 N–H and O–H groups in total. The van der Waals surface area contributed by atoms with Crippen LogP contribution >= 0.6 is 0 Å². The minimum Gasteiger partial charge on any atom is -0.493 e. The van der Waals surface area contributed by atoms with Crippen LogP contribution in [0.25, 0.3) is 0 Å². The molecule has 1 unspecified atom stereocenters. The van der Waals surface area contributed by atoms with Crippen LogP contribution in [0.15, 0.2) is 24.3 Å². The fourth-order valence-corrected chi connectivity index (χ4v) is 2.06. The number of aliphatic hydroxyl groups is 1. The predicted molar refractivity (Wildman–Crippen MR) is 56.0 cm³/mol. The van der Waals surface area contributed by atoms with Gasteiger partial charge in [0.25, 0.3) is 0 Å². The minimum atomic E-state index is -4.55. The first-order valence-corrected chi connectivity index (χ1v) is 5.45. The van der Waals surface area contributed by atoms with E-state index in [2.05, 4.69) is 0 Å². The fraction of sp³-hybridized carbons (Fsp3) is 0.500. The van der Waals surface area contributed by atoms with Gasteiger partial charge in [-0.1, -0.05) is 18.2 Å². The molecule has 0 bridgehead atoms. The second kappa shape index (κ2) is 4.56. The number of para-hydroxylation sites is 1. The summed E-state index contributed by atoms with van der Waals surface area (Å²) in [6, 6.07) is 7.03. The molecule has 1 heterocycles. The van der Waals surface area contributed by atoms with Gasteiger partial charge in [-0.25, -0.2) is 0 Å². The predicted octanol–water partition coefficient (Wildman–Crippen LogP) is 2.87. The van der Waals surface area contributed by atoms with Crippen LogP contribution in [-0.2, 0) is 0 Å². The van der Waals surface area contributed by atoms with Crippen molar-refractivity contribution in [1.82, 2.24) is 0 Å². The Morgan fingerprint density at radius 3 is 2.76 bits per heavy atom. The van der Waals surface area contributed by atoms with Gasteiger partial charge in [0, 0.05) is 0 Å². The summed E-state index contributed by atoms with van der Waals surface area (Å²) < 4.78 is 42.3. The van der Waals surface area contributed by atoms with E-state index < -0.39 is 12.3 Å². The van der Waals surface area contributed by atoms with Crippen LogP contribution < -0.4 is 4.74 Å². The Morgan fingerprint density at radius 1 is 1.35 bits per heavy atom. The second-order valence-electron chi connectivity index (χ2n) is 4.16. The van der Waals surface area contributed by atoms with Gasteiger partial charge < -0.3 is 9.84 Å². The summed E-state index contributed by atoms with van der Waals surface area (Å²) in [5, 5.41) is 9.10. The third-order valence-corrected chi connectivity index (χ3v) is 2.97. The third-order valence-electron chi connectivity index (χ3n) is 2.97. The number of hydrogen-bond acceptors (Lipinski definition) is 2. The second-order valence-corrected chi connectivity index (χ2v) is 4.16. The van der Waals surface area contributed by atoms with Crippen molar-refractivity contribution in [3.8, 4) is 5.75 Å². The maximum absolute atomic E-state index is 12.3. The third kappa shape index (κ3) is 2.72. The molecule has 2 nitrogen and oxygen atoms in total. The largest absolute Gasteiger partial charge is 0.493 e. The van der Waals surface area contributed by atoms with E-state index in [1.165, 1.54) is 0 Å². The van der Waals surface area contributed by atoms with E-state index in [9.17, 15) is 13.2 Å². The standard InChI is InChI=1S/C12H13F3O2/c13-12(14,15)11(16)7-8-5-6-17-10-4-2-1-3-9(8)10/h1-4,8,11,16H,5-7H2/t8?,11-/m1/s1. The lowest BCUT2D eigenvalue weighted by molar-refractivity contribution is -0.207. The molecule has 0 fully saturated rings. The zero-order chi connectivity index (χ0) is 12.5. The maximum atomic E-state index is 12.3. The van der Waals surface area contributed by atoms with Crippen molar-refractivity contribution < 1.29 is 23.0 Å². The molecule has 0 saturated carbocycles. The summed E-state index contributed by atoms with van der Waals surface area (Å²) in [6.45, 7) is 0.395. The Morgan fingerprint density at radius 2 is 2.06 bits per heavy atom. The van der Waals surface area contributed by atoms with Crippen LogP contribution in [0, 0.1) is 0 Å². The summed E-state index contributed by atoms with van der Waals surface area (Å²) in [7, 11) is 0. The molecule has 2 rings (SSSR count). The molecule has 0 aromatic heterocycles. The SMILES string of the molecule is O[C@H](CC1CCOc2ccccc21)C(F)(F)F. The number of benzene rings is 1. The van der Waals surface area contributed by atoms with Gasteiger partial charge in [-0.3, -0.25) is 0 Å². The lowest BCUT2D eigenvalue weighted by atomic mass is 9.88. The van der Waals surface area contributed by atoms with Crippen LogP contribution in [0.3, 0.4) is 0 Å². The zero-order valence-electron chi connectivity index (χ0n) is 9.07. The summed E-state index contributed by atoms with van der Waals surface area (Å²) in [6.07, 6.45) is -6.61. The molecule has 94 valence electrons. The first-order chi connectivity index (χ1) is 7.98. The molecular formula is C12H13F3O2. The van der Waals surface area contributed by atoms with Crippen molar-refractivity contribution in [1.29, 1.82) is 0 Å². The molecule has 0 aliphatic carbocycles. The van der Waals surface area contributed by atoms with Gasteiger partial charge in [-0.2, -0.15) is 13.2 Å². The molecule has 17 heavy (non-hydrogen) atoms. The molecule has 1 aliphatic heterocycles. The number of ether oxygens (including phenoxy) is 1. The maximum Gasteiger partial charge on any atom is 0.414 e. The monoisotopic (exact) mass is 246 g/mol. The summed E-state index contributed by atoms with van der Waals surface area (Å²) in [4.78, 5) is 0. The van der Waals surface area contributed by atoms with Crippen molar-refractivity contribution in [2.24, 2.45) is 0 Å². The molecule has 0 amide bonds. The summed E-state index contributed by atoms with van der Waals surface area (Å²) in [5.74, 6) is 0.328. The minimum absolute atomic E-state index is 0.295. The fourth-order valence-electron chi connectivity index (χ4n) is 2.06. The molecule has 1 aromatic carbocycles. The van der Waals surface area contributed by atoms with Crippen LogP contribution in [0.2, 0.25) is 0 Å². The van der Waals surface area contributed by atoms with E-state index in [0.29, 0.717) is 18.8 Å². The quantitative estimate of drug-likeness (QED) is 0.869. The van der Waals surface area contributed by atoms with Crippen molar-refractivity contribution in [3.63, 3.8) is 0 Å². The Labute approximate surface area is 97.0 Å². The zero-order valence-corrected chi connectivity index (χ0v) is 9.07. The highest BCUT2D eigenvalue weighted by Crippen LogP contribution is 2.38. The van der Waals surface area contributed by atoms with E-state index in [4.69, 9.17) is 9.84 Å². The number of alkyl halides is 3. The van der Waals surface area contributed by atoms with Gasteiger partial charge in [0.1, 0.15) is 11.9 Å². The smallest absolute Gasteiger partial charge is 0.414 e. The lowest BCUT2D eigenvalue weighted by Crippen LogP contribution is -2.31. The van der Waals surface area contributed by atoms with Crippen molar-refractivity contribution in [2.75, 3.05) is 6.61 Å². The van der Waals surface area contributed by atoms with E-state index in [1.54, 1.807) is 24.3 Å². The van der Waals surface area contributed by atoms with Crippen LogP contribution in [-0.4, -0.2) is 24.0 Å². The number of hydrogen-bond donors (Lipinski definition) is 1.